The number of aryl methyl sites for hydroxylation is 1. The fourth-order valence-electron chi connectivity index (χ4n) is 2.42. The van der Waals surface area contributed by atoms with Crippen LogP contribution >= 0.6 is 0 Å². The van der Waals surface area contributed by atoms with Gasteiger partial charge in [0.1, 0.15) is 11.5 Å². The number of hydrogen-bond donors (Lipinski definition) is 2. The Morgan fingerprint density at radius 1 is 1.24 bits per heavy atom. The van der Waals surface area contributed by atoms with Crippen LogP contribution in [0.1, 0.15) is 25.6 Å². The van der Waals surface area contributed by atoms with Crippen molar-refractivity contribution in [2.75, 3.05) is 24.8 Å². The van der Waals surface area contributed by atoms with Crippen LogP contribution in [0.3, 0.4) is 0 Å². The Hall–Kier alpha value is -2.37. The number of fused-ring (bicyclic) bond motifs is 1. The highest BCUT2D eigenvalue weighted by Gasteiger charge is 2.17. The van der Waals surface area contributed by atoms with E-state index in [1.807, 2.05) is 18.2 Å². The second-order valence-corrected chi connectivity index (χ2v) is 5.09. The second kappa shape index (κ2) is 5.55. The monoisotopic (exact) mass is 288 g/mol. The lowest BCUT2D eigenvalue weighted by molar-refractivity contribution is 0.297. The maximum atomic E-state index is 6.08. The van der Waals surface area contributed by atoms with Crippen LogP contribution in [-0.2, 0) is 6.42 Å². The summed E-state index contributed by atoms with van der Waals surface area (Å²) in [5.41, 5.74) is 7.65. The van der Waals surface area contributed by atoms with Crippen LogP contribution in [0.15, 0.2) is 18.2 Å². The average molecular weight is 288 g/mol. The summed E-state index contributed by atoms with van der Waals surface area (Å²) in [6.07, 6.45) is 2.64. The van der Waals surface area contributed by atoms with Gasteiger partial charge in [-0.3, -0.25) is 0 Å². The van der Waals surface area contributed by atoms with Crippen molar-refractivity contribution >= 4 is 5.82 Å². The van der Waals surface area contributed by atoms with Crippen molar-refractivity contribution in [2.45, 2.75) is 26.2 Å². The minimum atomic E-state index is 0.466. The third kappa shape index (κ3) is 2.49. The molecule has 3 rings (SSSR count). The van der Waals surface area contributed by atoms with Crippen LogP contribution in [0, 0.1) is 0 Å². The summed E-state index contributed by atoms with van der Waals surface area (Å²) in [5, 5.41) is 0. The Morgan fingerprint density at radius 3 is 2.76 bits per heavy atom. The topological polar surface area (TPSA) is 88.3 Å². The van der Waals surface area contributed by atoms with Crippen molar-refractivity contribution in [3.8, 4) is 22.8 Å². The lowest BCUT2D eigenvalue weighted by atomic mass is 10.1. The van der Waals surface area contributed by atoms with Crippen molar-refractivity contribution in [2.24, 2.45) is 0 Å². The van der Waals surface area contributed by atoms with E-state index < -0.39 is 0 Å². The summed E-state index contributed by atoms with van der Waals surface area (Å²) < 4.78 is 12.8. The van der Waals surface area contributed by atoms with Crippen molar-refractivity contribution in [1.29, 1.82) is 0 Å². The maximum Gasteiger partial charge on any atom is 0.161 e. The van der Waals surface area contributed by atoms with E-state index in [0.29, 0.717) is 24.7 Å². The summed E-state index contributed by atoms with van der Waals surface area (Å²) in [6.45, 7) is 3.41. The molecule has 21 heavy (non-hydrogen) atoms. The van der Waals surface area contributed by atoms with Gasteiger partial charge < -0.3 is 21.1 Å². The molecule has 0 aliphatic carbocycles. The van der Waals surface area contributed by atoms with Gasteiger partial charge in [-0.05, 0) is 24.6 Å². The molecule has 4 N–H and O–H groups in total. The van der Waals surface area contributed by atoms with Gasteiger partial charge in [0.2, 0.25) is 0 Å². The number of ether oxygens (including phenoxy) is 2. The molecule has 6 nitrogen and oxygen atoms in total. The van der Waals surface area contributed by atoms with Crippen molar-refractivity contribution in [1.82, 2.24) is 9.66 Å². The number of rotatable bonds is 3. The average Bonchev–Trinajstić information content (AvgIpc) is 2.69. The van der Waals surface area contributed by atoms with E-state index >= 15 is 0 Å². The zero-order valence-corrected chi connectivity index (χ0v) is 12.1. The van der Waals surface area contributed by atoms with E-state index in [0.717, 1.165) is 42.1 Å². The Balaban J connectivity index is 2.01. The van der Waals surface area contributed by atoms with Crippen molar-refractivity contribution < 1.29 is 9.47 Å². The molecule has 6 heteroatoms. The van der Waals surface area contributed by atoms with Crippen LogP contribution in [0.25, 0.3) is 11.3 Å². The lowest BCUT2D eigenvalue weighted by Crippen LogP contribution is -2.15. The normalized spacial score (nSPS) is 14.0. The van der Waals surface area contributed by atoms with E-state index in [2.05, 4.69) is 11.9 Å². The van der Waals surface area contributed by atoms with Gasteiger partial charge in [0.25, 0.3) is 0 Å². The molecule has 0 amide bonds. The third-order valence-electron chi connectivity index (χ3n) is 3.52. The largest absolute Gasteiger partial charge is 0.490 e. The standard InChI is InChI=1S/C15H20N4O2/c1-2-4-13-18-14(15(16)19(13)17)10-5-6-11-12(9-10)21-8-3-7-20-11/h5-6,9H,2-4,7-8,16-17H2,1H3. The van der Waals surface area contributed by atoms with Crippen molar-refractivity contribution in [3.05, 3.63) is 24.0 Å². The quantitative estimate of drug-likeness (QED) is 0.843. The van der Waals surface area contributed by atoms with Gasteiger partial charge >= 0.3 is 0 Å². The van der Waals surface area contributed by atoms with E-state index in [9.17, 15) is 0 Å². The first kappa shape index (κ1) is 13.6. The molecule has 0 radical (unpaired) electrons. The van der Waals surface area contributed by atoms with Gasteiger partial charge in [0, 0.05) is 18.4 Å². The molecule has 0 saturated heterocycles. The van der Waals surface area contributed by atoms with Crippen LogP contribution in [0.2, 0.25) is 0 Å². The van der Waals surface area contributed by atoms with Crippen LogP contribution < -0.4 is 21.1 Å². The number of nitrogens with zero attached hydrogens (tertiary/aromatic N) is 2. The fraction of sp³-hybridized carbons (Fsp3) is 0.400. The number of imidazole rings is 1. The molecular weight excluding hydrogens is 268 g/mol. The zero-order valence-electron chi connectivity index (χ0n) is 12.1. The van der Waals surface area contributed by atoms with Gasteiger partial charge in [0.05, 0.1) is 13.2 Å². The molecule has 1 aliphatic rings. The Morgan fingerprint density at radius 2 is 2.00 bits per heavy atom. The summed E-state index contributed by atoms with van der Waals surface area (Å²) in [5.74, 6) is 8.71. The smallest absolute Gasteiger partial charge is 0.161 e. The summed E-state index contributed by atoms with van der Waals surface area (Å²) in [6, 6.07) is 5.74. The second-order valence-electron chi connectivity index (χ2n) is 5.09. The predicted molar refractivity (Wildman–Crippen MR) is 81.8 cm³/mol. The first-order valence-corrected chi connectivity index (χ1v) is 7.23. The first-order valence-electron chi connectivity index (χ1n) is 7.23. The molecule has 0 fully saturated rings. The minimum Gasteiger partial charge on any atom is -0.490 e. The first-order chi connectivity index (χ1) is 10.2. The molecule has 2 heterocycles. The minimum absolute atomic E-state index is 0.466. The molecule has 1 aliphatic heterocycles. The summed E-state index contributed by atoms with van der Waals surface area (Å²) in [4.78, 5) is 4.56. The number of nitrogens with two attached hydrogens (primary N) is 2. The van der Waals surface area contributed by atoms with Gasteiger partial charge in [-0.1, -0.05) is 6.92 Å². The van der Waals surface area contributed by atoms with E-state index in [4.69, 9.17) is 21.1 Å². The Labute approximate surface area is 123 Å². The number of hydrogen-bond acceptors (Lipinski definition) is 5. The molecule has 1 aromatic carbocycles. The SMILES string of the molecule is CCCc1nc(-c2ccc3c(c2)OCCCO3)c(N)n1N. The predicted octanol–water partition coefficient (Wildman–Crippen LogP) is 1.96. The Bertz CT molecular complexity index is 651. The number of aromatic nitrogens is 2. The zero-order chi connectivity index (χ0) is 14.8. The molecule has 0 saturated carbocycles. The maximum absolute atomic E-state index is 6.08. The van der Waals surface area contributed by atoms with E-state index in [1.54, 1.807) is 0 Å². The number of nitrogen functional groups attached to an aromatic ring is 2. The summed E-state index contributed by atoms with van der Waals surface area (Å²) in [7, 11) is 0. The molecule has 2 aromatic rings. The molecule has 0 atom stereocenters. The molecule has 1 aromatic heterocycles. The van der Waals surface area contributed by atoms with Gasteiger partial charge in [-0.15, -0.1) is 0 Å². The number of benzene rings is 1. The highest BCUT2D eigenvalue weighted by molar-refractivity contribution is 5.73. The van der Waals surface area contributed by atoms with Crippen LogP contribution in [0.4, 0.5) is 5.82 Å². The molecule has 0 unspecified atom stereocenters. The van der Waals surface area contributed by atoms with Gasteiger partial charge in [-0.25, -0.2) is 9.66 Å². The van der Waals surface area contributed by atoms with Gasteiger partial charge in [-0.2, -0.15) is 0 Å². The van der Waals surface area contributed by atoms with Crippen LogP contribution in [-0.4, -0.2) is 22.9 Å². The highest BCUT2D eigenvalue weighted by Crippen LogP contribution is 2.35. The third-order valence-corrected chi connectivity index (χ3v) is 3.52. The van der Waals surface area contributed by atoms with Crippen LogP contribution in [0.5, 0.6) is 11.5 Å². The molecule has 0 bridgehead atoms. The number of anilines is 1. The van der Waals surface area contributed by atoms with E-state index in [1.165, 1.54) is 4.68 Å². The summed E-state index contributed by atoms with van der Waals surface area (Å²) >= 11 is 0. The fourth-order valence-corrected chi connectivity index (χ4v) is 2.42. The Kier molecular flexibility index (Phi) is 3.60. The van der Waals surface area contributed by atoms with E-state index in [-0.39, 0.29) is 0 Å². The molecular formula is C15H20N4O2. The lowest BCUT2D eigenvalue weighted by Gasteiger charge is -2.08. The van der Waals surface area contributed by atoms with Crippen molar-refractivity contribution in [3.63, 3.8) is 0 Å². The molecule has 112 valence electrons. The van der Waals surface area contributed by atoms with Gasteiger partial charge in [0.15, 0.2) is 17.3 Å². The molecule has 0 spiro atoms. The highest BCUT2D eigenvalue weighted by atomic mass is 16.5.